The Morgan fingerprint density at radius 2 is 2.18 bits per heavy atom. The average molecular weight is 325 g/mol. The lowest BCUT2D eigenvalue weighted by Gasteiger charge is -2.13. The lowest BCUT2D eigenvalue weighted by atomic mass is 10.1. The van der Waals surface area contributed by atoms with Gasteiger partial charge >= 0.3 is 7.82 Å². The van der Waals surface area contributed by atoms with Crippen molar-refractivity contribution in [2.24, 2.45) is 0 Å². The van der Waals surface area contributed by atoms with Crippen molar-refractivity contribution in [3.63, 3.8) is 0 Å². The first-order valence-electron chi connectivity index (χ1n) is 6.47. The van der Waals surface area contributed by atoms with Crippen LogP contribution in [0.4, 0.5) is 0 Å². The molecule has 0 amide bonds. The van der Waals surface area contributed by atoms with Gasteiger partial charge in [0.2, 0.25) is 0 Å². The highest BCUT2D eigenvalue weighted by Gasteiger charge is 2.17. The average Bonchev–Trinajstić information content (AvgIpc) is 2.43. The van der Waals surface area contributed by atoms with E-state index < -0.39 is 7.82 Å². The maximum absolute atomic E-state index is 10.9. The van der Waals surface area contributed by atoms with Crippen molar-refractivity contribution in [1.29, 1.82) is 0 Å². The van der Waals surface area contributed by atoms with E-state index in [0.29, 0.717) is 29.0 Å². The summed E-state index contributed by atoms with van der Waals surface area (Å²) >= 11 is 0. The number of methoxy groups -OCH3 is 1. The fraction of sp³-hybridized carbons (Fsp3) is 0.267. The Balaban J connectivity index is 3.18. The number of allylic oxidation sites excluding steroid dienone is 3. The molecule has 0 aromatic carbocycles. The van der Waals surface area contributed by atoms with Gasteiger partial charge in [-0.2, -0.15) is 0 Å². The number of hydrogen-bond donors (Lipinski definition) is 2. The molecule has 120 valence electrons. The van der Waals surface area contributed by atoms with Crippen molar-refractivity contribution >= 4 is 13.9 Å². The molecule has 0 aliphatic rings. The summed E-state index contributed by atoms with van der Waals surface area (Å²) in [4.78, 5) is 21.8. The number of aromatic nitrogens is 1. The van der Waals surface area contributed by atoms with E-state index in [4.69, 9.17) is 14.5 Å². The minimum Gasteiger partial charge on any atom is -0.494 e. The normalized spacial score (nSPS) is 11.6. The molecule has 2 N–H and O–H groups in total. The van der Waals surface area contributed by atoms with Gasteiger partial charge in [0, 0.05) is 17.3 Å². The molecule has 0 aliphatic heterocycles. The molecule has 0 saturated heterocycles. The van der Waals surface area contributed by atoms with Gasteiger partial charge in [-0.15, -0.1) is 6.58 Å². The fourth-order valence-corrected chi connectivity index (χ4v) is 2.11. The lowest BCUT2D eigenvalue weighted by Crippen LogP contribution is -2.01. The summed E-state index contributed by atoms with van der Waals surface area (Å²) in [5, 5.41) is 0. The number of pyridine rings is 1. The number of ether oxygens (including phenoxy) is 1. The van der Waals surface area contributed by atoms with Crippen molar-refractivity contribution < 1.29 is 23.6 Å². The summed E-state index contributed by atoms with van der Waals surface area (Å²) in [6.45, 7) is 9.03. The van der Waals surface area contributed by atoms with E-state index in [1.165, 1.54) is 13.3 Å². The van der Waals surface area contributed by atoms with Crippen LogP contribution in [-0.4, -0.2) is 21.9 Å². The van der Waals surface area contributed by atoms with Crippen molar-refractivity contribution in [2.45, 2.75) is 20.0 Å². The molecule has 6 nitrogen and oxygen atoms in total. The van der Waals surface area contributed by atoms with Crippen LogP contribution < -0.4 is 4.74 Å². The van der Waals surface area contributed by atoms with E-state index in [1.807, 2.05) is 0 Å². The molecule has 0 bridgehead atoms. The van der Waals surface area contributed by atoms with Crippen molar-refractivity contribution in [2.75, 3.05) is 7.11 Å². The molecule has 0 unspecified atom stereocenters. The Morgan fingerprint density at radius 1 is 1.50 bits per heavy atom. The quantitative estimate of drug-likeness (QED) is 0.433. The van der Waals surface area contributed by atoms with Crippen LogP contribution in [0.1, 0.15) is 23.2 Å². The Hall–Kier alpha value is -1.72. The summed E-state index contributed by atoms with van der Waals surface area (Å²) in [5.41, 5.74) is 2.66. The SMILES string of the molecule is C=CCC(=C)C=Cc1c(COP(=O)(O)O)cnc(C)c1OC. The van der Waals surface area contributed by atoms with E-state index in [2.05, 4.69) is 22.7 Å². The minimum absolute atomic E-state index is 0.276. The Bertz CT molecular complexity index is 633. The predicted molar refractivity (Wildman–Crippen MR) is 85.3 cm³/mol. The van der Waals surface area contributed by atoms with E-state index in [0.717, 1.165) is 5.57 Å². The van der Waals surface area contributed by atoms with Gasteiger partial charge in [-0.25, -0.2) is 4.57 Å². The predicted octanol–water partition coefficient (Wildman–Crippen LogP) is 3.15. The van der Waals surface area contributed by atoms with Gasteiger partial charge in [0.1, 0.15) is 5.75 Å². The first kappa shape index (κ1) is 18.3. The maximum Gasteiger partial charge on any atom is 0.469 e. The van der Waals surface area contributed by atoms with E-state index in [1.54, 1.807) is 25.2 Å². The molecule has 22 heavy (non-hydrogen) atoms. The molecule has 0 atom stereocenters. The molecule has 0 saturated carbocycles. The Kier molecular flexibility index (Phi) is 6.71. The molecular weight excluding hydrogens is 305 g/mol. The fourth-order valence-electron chi connectivity index (χ4n) is 1.81. The van der Waals surface area contributed by atoms with Gasteiger partial charge in [-0.1, -0.05) is 30.4 Å². The number of phosphoric ester groups is 1. The van der Waals surface area contributed by atoms with Gasteiger partial charge in [-0.05, 0) is 13.3 Å². The van der Waals surface area contributed by atoms with Crippen molar-refractivity contribution in [3.8, 4) is 5.75 Å². The van der Waals surface area contributed by atoms with Crippen LogP contribution in [0.2, 0.25) is 0 Å². The van der Waals surface area contributed by atoms with Gasteiger partial charge in [-0.3, -0.25) is 9.51 Å². The topological polar surface area (TPSA) is 88.9 Å². The zero-order valence-corrected chi connectivity index (χ0v) is 13.5. The van der Waals surface area contributed by atoms with Crippen molar-refractivity contribution in [1.82, 2.24) is 4.98 Å². The molecule has 1 aromatic heterocycles. The van der Waals surface area contributed by atoms with Crippen LogP contribution in [-0.2, 0) is 15.7 Å². The molecule has 0 fully saturated rings. The molecular formula is C15H20NO5P. The molecule has 0 aliphatic carbocycles. The maximum atomic E-state index is 10.9. The number of phosphoric acid groups is 1. The zero-order valence-electron chi connectivity index (χ0n) is 12.7. The Labute approximate surface area is 130 Å². The summed E-state index contributed by atoms with van der Waals surface area (Å²) in [5.74, 6) is 0.523. The molecule has 0 radical (unpaired) electrons. The number of hydrogen-bond acceptors (Lipinski definition) is 4. The third kappa shape index (κ3) is 5.58. The third-order valence-corrected chi connectivity index (χ3v) is 3.28. The highest BCUT2D eigenvalue weighted by Crippen LogP contribution is 2.38. The smallest absolute Gasteiger partial charge is 0.469 e. The van der Waals surface area contributed by atoms with Crippen LogP contribution in [0.15, 0.2) is 37.1 Å². The first-order valence-corrected chi connectivity index (χ1v) is 8.00. The molecule has 0 spiro atoms. The van der Waals surface area contributed by atoms with Gasteiger partial charge in [0.05, 0.1) is 19.4 Å². The van der Waals surface area contributed by atoms with E-state index in [9.17, 15) is 4.57 Å². The molecule has 1 aromatic rings. The van der Waals surface area contributed by atoms with Crippen LogP contribution in [0.3, 0.4) is 0 Å². The summed E-state index contributed by atoms with van der Waals surface area (Å²) in [6.07, 6.45) is 7.43. The van der Waals surface area contributed by atoms with E-state index in [-0.39, 0.29) is 6.61 Å². The van der Waals surface area contributed by atoms with Crippen molar-refractivity contribution in [3.05, 3.63) is 53.9 Å². The second-order valence-corrected chi connectivity index (χ2v) is 5.80. The number of nitrogens with zero attached hydrogens (tertiary/aromatic N) is 1. The standard InChI is InChI=1S/C15H20NO5P/c1-5-6-11(2)7-8-14-13(10-21-22(17,18)19)9-16-12(3)15(14)20-4/h5,7-9H,1-2,6,10H2,3-4H3,(H2,17,18,19). The van der Waals surface area contributed by atoms with Crippen LogP contribution in [0, 0.1) is 6.92 Å². The molecule has 1 rings (SSSR count). The van der Waals surface area contributed by atoms with Gasteiger partial charge in [0.15, 0.2) is 0 Å². The van der Waals surface area contributed by atoms with Crippen LogP contribution >= 0.6 is 7.82 Å². The molecule has 7 heteroatoms. The second kappa shape index (κ2) is 8.06. The second-order valence-electron chi connectivity index (χ2n) is 4.56. The minimum atomic E-state index is -4.56. The number of rotatable bonds is 8. The highest BCUT2D eigenvalue weighted by molar-refractivity contribution is 7.46. The highest BCUT2D eigenvalue weighted by atomic mass is 31.2. The zero-order chi connectivity index (χ0) is 16.8. The first-order chi connectivity index (χ1) is 10.3. The van der Waals surface area contributed by atoms with E-state index >= 15 is 0 Å². The largest absolute Gasteiger partial charge is 0.494 e. The Morgan fingerprint density at radius 3 is 2.73 bits per heavy atom. The number of aryl methyl sites for hydroxylation is 1. The lowest BCUT2D eigenvalue weighted by molar-refractivity contribution is 0.188. The van der Waals surface area contributed by atoms with Crippen LogP contribution in [0.5, 0.6) is 5.75 Å². The van der Waals surface area contributed by atoms with Crippen LogP contribution in [0.25, 0.3) is 6.08 Å². The third-order valence-electron chi connectivity index (χ3n) is 2.82. The van der Waals surface area contributed by atoms with Gasteiger partial charge < -0.3 is 14.5 Å². The summed E-state index contributed by atoms with van der Waals surface area (Å²) < 4.78 is 20.7. The summed E-state index contributed by atoms with van der Waals surface area (Å²) in [6, 6.07) is 0. The molecule has 1 heterocycles. The monoisotopic (exact) mass is 325 g/mol. The summed E-state index contributed by atoms with van der Waals surface area (Å²) in [7, 11) is -3.05. The van der Waals surface area contributed by atoms with Gasteiger partial charge in [0.25, 0.3) is 0 Å².